The van der Waals surface area contributed by atoms with Crippen LogP contribution in [0.15, 0.2) is 54.6 Å². The number of allylic oxidation sites excluding steroid dienone is 3. The Morgan fingerprint density at radius 3 is 2.67 bits per heavy atom. The van der Waals surface area contributed by atoms with Crippen molar-refractivity contribution in [3.8, 4) is 12.3 Å². The molecule has 1 aromatic carbocycles. The highest BCUT2D eigenvalue weighted by molar-refractivity contribution is 5.88. The average molecular weight is 239 g/mol. The molecular weight excluding hydrogens is 222 g/mol. The lowest BCUT2D eigenvalue weighted by Gasteiger charge is -2.18. The molecule has 0 radical (unpaired) electrons. The molecule has 0 aliphatic carbocycles. The van der Waals surface area contributed by atoms with Crippen molar-refractivity contribution in [3.05, 3.63) is 60.2 Å². The minimum atomic E-state index is -0.0742. The van der Waals surface area contributed by atoms with Crippen molar-refractivity contribution in [2.24, 2.45) is 0 Å². The van der Waals surface area contributed by atoms with E-state index in [-0.39, 0.29) is 5.91 Å². The van der Waals surface area contributed by atoms with Gasteiger partial charge in [-0.2, -0.15) is 0 Å². The summed E-state index contributed by atoms with van der Waals surface area (Å²) in [5, 5.41) is 0. The number of terminal acetylenes is 1. The first kappa shape index (κ1) is 13.8. The lowest BCUT2D eigenvalue weighted by molar-refractivity contribution is -0.126. The van der Waals surface area contributed by atoms with Gasteiger partial charge < -0.3 is 4.90 Å². The molecular formula is C16H17NO. The van der Waals surface area contributed by atoms with E-state index in [1.165, 1.54) is 6.08 Å². The molecule has 0 fully saturated rings. The van der Waals surface area contributed by atoms with Crippen molar-refractivity contribution in [1.29, 1.82) is 0 Å². The maximum Gasteiger partial charge on any atom is 0.247 e. The first-order valence-corrected chi connectivity index (χ1v) is 5.83. The summed E-state index contributed by atoms with van der Waals surface area (Å²) in [4.78, 5) is 13.6. The fourth-order valence-corrected chi connectivity index (χ4v) is 1.48. The molecule has 2 heteroatoms. The van der Waals surface area contributed by atoms with Crippen molar-refractivity contribution < 1.29 is 4.79 Å². The predicted molar refractivity (Wildman–Crippen MR) is 74.6 cm³/mol. The molecule has 0 saturated carbocycles. The molecule has 0 spiro atoms. The van der Waals surface area contributed by atoms with E-state index in [4.69, 9.17) is 6.42 Å². The van der Waals surface area contributed by atoms with Crippen LogP contribution in [-0.4, -0.2) is 17.4 Å². The molecule has 0 saturated heterocycles. The van der Waals surface area contributed by atoms with Crippen LogP contribution in [0.3, 0.4) is 0 Å². The predicted octanol–water partition coefficient (Wildman–Crippen LogP) is 2.78. The Kier molecular flexibility index (Phi) is 6.07. The minimum Gasteiger partial charge on any atom is -0.324 e. The van der Waals surface area contributed by atoms with E-state index < -0.39 is 0 Å². The van der Waals surface area contributed by atoms with Gasteiger partial charge in [-0.05, 0) is 12.5 Å². The number of nitrogens with zero attached hydrogens (tertiary/aromatic N) is 1. The zero-order valence-corrected chi connectivity index (χ0v) is 10.5. The Balaban J connectivity index is 2.71. The van der Waals surface area contributed by atoms with Gasteiger partial charge in [-0.1, -0.05) is 54.5 Å². The molecule has 0 aliphatic heterocycles. The highest BCUT2D eigenvalue weighted by atomic mass is 16.2. The van der Waals surface area contributed by atoms with Gasteiger partial charge in [0, 0.05) is 12.6 Å². The van der Waals surface area contributed by atoms with Gasteiger partial charge in [0.25, 0.3) is 0 Å². The maximum atomic E-state index is 11.9. The van der Waals surface area contributed by atoms with Crippen LogP contribution < -0.4 is 0 Å². The zero-order valence-electron chi connectivity index (χ0n) is 10.5. The number of rotatable bonds is 5. The van der Waals surface area contributed by atoms with Crippen LogP contribution in [0.4, 0.5) is 0 Å². The van der Waals surface area contributed by atoms with Crippen LogP contribution in [-0.2, 0) is 11.3 Å². The van der Waals surface area contributed by atoms with E-state index in [2.05, 4.69) is 5.92 Å². The lowest BCUT2D eigenvalue weighted by atomic mass is 10.2. The van der Waals surface area contributed by atoms with Gasteiger partial charge in [0.15, 0.2) is 0 Å². The summed E-state index contributed by atoms with van der Waals surface area (Å²) in [5.74, 6) is 2.44. The smallest absolute Gasteiger partial charge is 0.247 e. The first-order chi connectivity index (χ1) is 8.77. The molecule has 1 amide bonds. The summed E-state index contributed by atoms with van der Waals surface area (Å²) >= 11 is 0. The summed E-state index contributed by atoms with van der Waals surface area (Å²) in [5.41, 5.74) is 1.07. The van der Waals surface area contributed by atoms with E-state index >= 15 is 0 Å². The van der Waals surface area contributed by atoms with Crippen molar-refractivity contribution in [2.45, 2.75) is 13.5 Å². The molecule has 2 nitrogen and oxygen atoms in total. The van der Waals surface area contributed by atoms with E-state index in [0.717, 1.165) is 5.56 Å². The van der Waals surface area contributed by atoms with E-state index in [9.17, 15) is 4.79 Å². The lowest BCUT2D eigenvalue weighted by Crippen LogP contribution is -2.29. The standard InChI is InChI=1S/C16H17NO/c1-3-5-7-12-16(18)17(13-4-2)14-15-10-8-6-9-11-15/h2-3,5-12H,13-14H2,1H3. The Bertz CT molecular complexity index is 466. The number of carbonyl (C=O) groups is 1. The number of hydrogen-bond donors (Lipinski definition) is 0. The number of carbonyl (C=O) groups excluding carboxylic acids is 1. The zero-order chi connectivity index (χ0) is 13.2. The van der Waals surface area contributed by atoms with Crippen molar-refractivity contribution >= 4 is 5.91 Å². The highest BCUT2D eigenvalue weighted by Gasteiger charge is 2.09. The molecule has 1 aromatic rings. The summed E-state index contributed by atoms with van der Waals surface area (Å²) < 4.78 is 0. The van der Waals surface area contributed by atoms with Gasteiger partial charge in [-0.15, -0.1) is 6.42 Å². The molecule has 0 unspecified atom stereocenters. The van der Waals surface area contributed by atoms with Gasteiger partial charge in [0.05, 0.1) is 6.54 Å². The Morgan fingerprint density at radius 1 is 1.33 bits per heavy atom. The summed E-state index contributed by atoms with van der Waals surface area (Å²) in [6.07, 6.45) is 12.2. The van der Waals surface area contributed by atoms with Gasteiger partial charge in [-0.25, -0.2) is 0 Å². The first-order valence-electron chi connectivity index (χ1n) is 5.83. The topological polar surface area (TPSA) is 20.3 Å². The molecule has 0 atom stereocenters. The van der Waals surface area contributed by atoms with Gasteiger partial charge >= 0.3 is 0 Å². The molecule has 92 valence electrons. The summed E-state index contributed by atoms with van der Waals surface area (Å²) in [6, 6.07) is 9.80. The number of amides is 1. The maximum absolute atomic E-state index is 11.9. The fourth-order valence-electron chi connectivity index (χ4n) is 1.48. The SMILES string of the molecule is C#CCN(Cc1ccccc1)C(=O)C=CC=CC. The summed E-state index contributed by atoms with van der Waals surface area (Å²) in [7, 11) is 0. The fraction of sp³-hybridized carbons (Fsp3) is 0.188. The normalized spacial score (nSPS) is 10.7. The van der Waals surface area contributed by atoms with Crippen LogP contribution in [0.1, 0.15) is 12.5 Å². The largest absolute Gasteiger partial charge is 0.324 e. The third-order valence-electron chi connectivity index (χ3n) is 2.35. The third-order valence-corrected chi connectivity index (χ3v) is 2.35. The Hall–Kier alpha value is -2.27. The van der Waals surface area contributed by atoms with Crippen LogP contribution in [0, 0.1) is 12.3 Å². The van der Waals surface area contributed by atoms with Crippen molar-refractivity contribution in [1.82, 2.24) is 4.90 Å². The highest BCUT2D eigenvalue weighted by Crippen LogP contribution is 2.04. The second-order valence-corrected chi connectivity index (χ2v) is 3.77. The summed E-state index contributed by atoms with van der Waals surface area (Å²) in [6.45, 7) is 2.75. The second kappa shape index (κ2) is 7.92. The molecule has 0 bridgehead atoms. The van der Waals surface area contributed by atoms with Crippen LogP contribution in [0.2, 0.25) is 0 Å². The average Bonchev–Trinajstić information content (AvgIpc) is 2.39. The Labute approximate surface area is 109 Å². The Morgan fingerprint density at radius 2 is 2.06 bits per heavy atom. The monoisotopic (exact) mass is 239 g/mol. The quantitative estimate of drug-likeness (QED) is 0.439. The van der Waals surface area contributed by atoms with Gasteiger partial charge in [-0.3, -0.25) is 4.79 Å². The number of benzene rings is 1. The molecule has 1 rings (SSSR count). The van der Waals surface area contributed by atoms with Crippen LogP contribution in [0.25, 0.3) is 0 Å². The van der Waals surface area contributed by atoms with Crippen LogP contribution >= 0.6 is 0 Å². The van der Waals surface area contributed by atoms with E-state index in [1.54, 1.807) is 11.0 Å². The molecule has 18 heavy (non-hydrogen) atoms. The van der Waals surface area contributed by atoms with Crippen molar-refractivity contribution in [3.63, 3.8) is 0 Å². The number of hydrogen-bond acceptors (Lipinski definition) is 1. The molecule has 0 heterocycles. The van der Waals surface area contributed by atoms with Gasteiger partial charge in [0.2, 0.25) is 5.91 Å². The van der Waals surface area contributed by atoms with E-state index in [1.807, 2.05) is 49.4 Å². The minimum absolute atomic E-state index is 0.0742. The molecule has 0 N–H and O–H groups in total. The third kappa shape index (κ3) is 4.71. The van der Waals surface area contributed by atoms with Crippen molar-refractivity contribution in [2.75, 3.05) is 6.54 Å². The van der Waals surface area contributed by atoms with E-state index in [0.29, 0.717) is 13.1 Å². The second-order valence-electron chi connectivity index (χ2n) is 3.77. The molecule has 0 aromatic heterocycles. The van der Waals surface area contributed by atoms with Gasteiger partial charge in [0.1, 0.15) is 0 Å². The van der Waals surface area contributed by atoms with Crippen LogP contribution in [0.5, 0.6) is 0 Å². The molecule has 0 aliphatic rings.